The molecule has 3 N–H and O–H groups in total. The molecule has 32 heavy (non-hydrogen) atoms. The number of para-hydroxylation sites is 1. The summed E-state index contributed by atoms with van der Waals surface area (Å²) in [5.41, 5.74) is 8.46. The number of hydrogen-bond acceptors (Lipinski definition) is 5. The van der Waals surface area contributed by atoms with Crippen LogP contribution in [0.5, 0.6) is 0 Å². The van der Waals surface area contributed by atoms with Gasteiger partial charge in [0.25, 0.3) is 0 Å². The Labute approximate surface area is 188 Å². The molecule has 0 radical (unpaired) electrons. The number of nitrogens with zero attached hydrogens (tertiary/aromatic N) is 3. The maximum atomic E-state index is 13.3. The van der Waals surface area contributed by atoms with Crippen molar-refractivity contribution in [2.24, 2.45) is 5.73 Å². The second-order valence-electron chi connectivity index (χ2n) is 8.10. The van der Waals surface area contributed by atoms with Crippen LogP contribution in [-0.4, -0.2) is 65.5 Å². The number of benzene rings is 2. The molecule has 0 aliphatic carbocycles. The topological polar surface area (TPSA) is 90.1 Å². The van der Waals surface area contributed by atoms with E-state index >= 15 is 0 Å². The highest BCUT2D eigenvalue weighted by atomic mass is 19.1. The van der Waals surface area contributed by atoms with E-state index in [1.807, 2.05) is 24.3 Å². The second-order valence-corrected chi connectivity index (χ2v) is 8.10. The van der Waals surface area contributed by atoms with Crippen LogP contribution in [0.15, 0.2) is 48.5 Å². The third-order valence-electron chi connectivity index (χ3n) is 5.71. The van der Waals surface area contributed by atoms with Crippen LogP contribution in [0, 0.1) is 5.82 Å². The van der Waals surface area contributed by atoms with Crippen LogP contribution in [0.2, 0.25) is 0 Å². The Balaban J connectivity index is 1.89. The largest absolute Gasteiger partial charge is 0.394 e. The minimum atomic E-state index is -0.998. The van der Waals surface area contributed by atoms with Gasteiger partial charge in [-0.05, 0) is 35.7 Å². The van der Waals surface area contributed by atoms with Gasteiger partial charge >= 0.3 is 0 Å². The summed E-state index contributed by atoms with van der Waals surface area (Å²) in [5.74, 6) is -0.680. The molecule has 0 aromatic heterocycles. The highest BCUT2D eigenvalue weighted by Gasteiger charge is 2.25. The van der Waals surface area contributed by atoms with E-state index in [2.05, 4.69) is 4.90 Å². The van der Waals surface area contributed by atoms with E-state index in [9.17, 15) is 19.1 Å². The van der Waals surface area contributed by atoms with Crippen molar-refractivity contribution < 1.29 is 19.1 Å². The van der Waals surface area contributed by atoms with Crippen LogP contribution in [0.25, 0.3) is 0 Å². The first kappa shape index (κ1) is 23.8. The van der Waals surface area contributed by atoms with Gasteiger partial charge in [0.1, 0.15) is 11.9 Å². The van der Waals surface area contributed by atoms with Crippen molar-refractivity contribution in [3.8, 4) is 0 Å². The summed E-state index contributed by atoms with van der Waals surface area (Å²) in [6.07, 6.45) is 0.749. The number of carbonyl (C=O) groups is 2. The third kappa shape index (κ3) is 6.12. The molecule has 0 saturated carbocycles. The predicted octanol–water partition coefficient (Wildman–Crippen LogP) is 1.73. The molecule has 1 aliphatic rings. The Kier molecular flexibility index (Phi) is 8.33. The number of carbonyl (C=O) groups excluding carboxylic acids is 2. The lowest BCUT2D eigenvalue weighted by molar-refractivity contribution is -0.134. The van der Waals surface area contributed by atoms with Crippen molar-refractivity contribution in [3.05, 3.63) is 65.5 Å². The van der Waals surface area contributed by atoms with Crippen LogP contribution < -0.4 is 10.6 Å². The van der Waals surface area contributed by atoms with Crippen LogP contribution in [0.4, 0.5) is 10.1 Å². The SMILES string of the molecule is CC(=O)N1CCCN(Cc2ccc(F)cc2)CCN(C(=O)[C@H](N)CO)Cc2ccccc21. The van der Waals surface area contributed by atoms with Crippen LogP contribution in [0.1, 0.15) is 24.5 Å². The average molecular weight is 443 g/mol. The summed E-state index contributed by atoms with van der Waals surface area (Å²) >= 11 is 0. The van der Waals surface area contributed by atoms with Gasteiger partial charge in [0.15, 0.2) is 0 Å². The number of amides is 2. The quantitative estimate of drug-likeness (QED) is 0.753. The van der Waals surface area contributed by atoms with E-state index in [0.29, 0.717) is 32.7 Å². The lowest BCUT2D eigenvalue weighted by atomic mass is 10.1. The molecule has 3 rings (SSSR count). The molecule has 2 aromatic rings. The summed E-state index contributed by atoms with van der Waals surface area (Å²) in [5, 5.41) is 9.42. The molecule has 2 aromatic carbocycles. The Hall–Kier alpha value is -2.81. The van der Waals surface area contributed by atoms with Crippen molar-refractivity contribution >= 4 is 17.5 Å². The van der Waals surface area contributed by atoms with Gasteiger partial charge in [0.2, 0.25) is 11.8 Å². The van der Waals surface area contributed by atoms with Gasteiger partial charge in [-0.1, -0.05) is 30.3 Å². The Morgan fingerprint density at radius 3 is 2.47 bits per heavy atom. The summed E-state index contributed by atoms with van der Waals surface area (Å²) in [7, 11) is 0. The fourth-order valence-electron chi connectivity index (χ4n) is 3.97. The van der Waals surface area contributed by atoms with Crippen LogP contribution >= 0.6 is 0 Å². The highest BCUT2D eigenvalue weighted by Crippen LogP contribution is 2.24. The number of fused-ring (bicyclic) bond motifs is 1. The molecule has 0 fully saturated rings. The number of anilines is 1. The molecule has 172 valence electrons. The maximum absolute atomic E-state index is 13.3. The number of aliphatic hydroxyl groups excluding tert-OH is 1. The number of nitrogens with two attached hydrogens (primary N) is 1. The standard InChI is InChI=1S/C24H31FN4O3/c1-18(31)29-12-4-11-27(15-19-7-9-21(25)10-8-19)13-14-28(24(32)22(26)17-30)16-20-5-2-3-6-23(20)29/h2-3,5-10,22,30H,4,11-17,26H2,1H3/t22-/m1/s1. The molecule has 0 spiro atoms. The Bertz CT molecular complexity index is 922. The summed E-state index contributed by atoms with van der Waals surface area (Å²) in [4.78, 5) is 30.9. The zero-order valence-corrected chi connectivity index (χ0v) is 18.4. The van der Waals surface area contributed by atoms with Gasteiger partial charge in [-0.2, -0.15) is 0 Å². The predicted molar refractivity (Wildman–Crippen MR) is 121 cm³/mol. The average Bonchev–Trinajstić information content (AvgIpc) is 2.82. The van der Waals surface area contributed by atoms with Crippen LogP contribution in [-0.2, 0) is 22.7 Å². The molecule has 7 nitrogen and oxygen atoms in total. The molecule has 0 unspecified atom stereocenters. The van der Waals surface area contributed by atoms with E-state index in [0.717, 1.165) is 23.2 Å². The van der Waals surface area contributed by atoms with E-state index in [1.54, 1.807) is 21.9 Å². The monoisotopic (exact) mass is 442 g/mol. The normalized spacial score (nSPS) is 16.8. The number of halogens is 1. The minimum Gasteiger partial charge on any atom is -0.394 e. The number of hydrogen-bond donors (Lipinski definition) is 2. The molecule has 0 saturated heterocycles. The van der Waals surface area contributed by atoms with Crippen molar-refractivity contribution in [3.63, 3.8) is 0 Å². The summed E-state index contributed by atoms with van der Waals surface area (Å²) < 4.78 is 13.3. The van der Waals surface area contributed by atoms with Gasteiger partial charge in [0.05, 0.1) is 6.61 Å². The lowest BCUT2D eigenvalue weighted by Crippen LogP contribution is -2.47. The summed E-state index contributed by atoms with van der Waals surface area (Å²) in [6.45, 7) is 4.25. The first-order chi connectivity index (χ1) is 15.4. The first-order valence-corrected chi connectivity index (χ1v) is 10.9. The van der Waals surface area contributed by atoms with Crippen molar-refractivity contribution in [2.75, 3.05) is 37.7 Å². The molecule has 0 bridgehead atoms. The summed E-state index contributed by atoms with van der Waals surface area (Å²) in [6, 6.07) is 12.9. The Morgan fingerprint density at radius 1 is 1.06 bits per heavy atom. The zero-order valence-electron chi connectivity index (χ0n) is 18.4. The molecule has 1 aliphatic heterocycles. The maximum Gasteiger partial charge on any atom is 0.242 e. The van der Waals surface area contributed by atoms with E-state index in [1.165, 1.54) is 19.1 Å². The molecular formula is C24H31FN4O3. The van der Waals surface area contributed by atoms with Gasteiger partial charge < -0.3 is 20.6 Å². The van der Waals surface area contributed by atoms with Gasteiger partial charge in [0, 0.05) is 51.9 Å². The zero-order chi connectivity index (χ0) is 23.1. The molecule has 8 heteroatoms. The molecule has 1 heterocycles. The number of rotatable bonds is 4. The van der Waals surface area contributed by atoms with Crippen molar-refractivity contribution in [1.29, 1.82) is 0 Å². The highest BCUT2D eigenvalue weighted by molar-refractivity contribution is 5.92. The van der Waals surface area contributed by atoms with Gasteiger partial charge in [-0.25, -0.2) is 4.39 Å². The van der Waals surface area contributed by atoms with E-state index < -0.39 is 12.6 Å². The minimum absolute atomic E-state index is 0.0632. The van der Waals surface area contributed by atoms with Crippen LogP contribution in [0.3, 0.4) is 0 Å². The Morgan fingerprint density at radius 2 is 1.78 bits per heavy atom. The molecular weight excluding hydrogens is 411 g/mol. The van der Waals surface area contributed by atoms with Gasteiger partial charge in [-0.15, -0.1) is 0 Å². The smallest absolute Gasteiger partial charge is 0.242 e. The first-order valence-electron chi connectivity index (χ1n) is 10.9. The third-order valence-corrected chi connectivity index (χ3v) is 5.71. The fourth-order valence-corrected chi connectivity index (χ4v) is 3.97. The van der Waals surface area contributed by atoms with Crippen molar-refractivity contribution in [1.82, 2.24) is 9.80 Å². The van der Waals surface area contributed by atoms with E-state index in [-0.39, 0.29) is 24.2 Å². The lowest BCUT2D eigenvalue weighted by Gasteiger charge is -2.29. The van der Waals surface area contributed by atoms with Crippen molar-refractivity contribution in [2.45, 2.75) is 32.5 Å². The second kappa shape index (κ2) is 11.2. The fraction of sp³-hybridized carbons (Fsp3) is 0.417. The van der Waals surface area contributed by atoms with Gasteiger partial charge in [-0.3, -0.25) is 14.5 Å². The molecule has 1 atom stereocenters. The molecule has 2 amide bonds. The van der Waals surface area contributed by atoms with E-state index in [4.69, 9.17) is 5.73 Å². The number of aliphatic hydroxyl groups is 1.